The molecule has 5 heteroatoms. The fourth-order valence-electron chi connectivity index (χ4n) is 4.04. The summed E-state index contributed by atoms with van der Waals surface area (Å²) in [5, 5.41) is 1.49. The summed E-state index contributed by atoms with van der Waals surface area (Å²) in [5.41, 5.74) is 2.26. The van der Waals surface area contributed by atoms with Crippen LogP contribution in [0.4, 0.5) is 0 Å². The summed E-state index contributed by atoms with van der Waals surface area (Å²) in [6.07, 6.45) is 0.685. The van der Waals surface area contributed by atoms with Gasteiger partial charge in [-0.25, -0.2) is 5.06 Å². The van der Waals surface area contributed by atoms with Crippen LogP contribution in [-0.2, 0) is 32.3 Å². The minimum Gasteiger partial charge on any atom is -0.373 e. The molecule has 27 heavy (non-hydrogen) atoms. The molecule has 1 aliphatic heterocycles. The number of hydroxylamine groups is 2. The maximum Gasteiger partial charge on any atom is 0.243 e. The number of ether oxygens (including phenoxy) is 2. The summed E-state index contributed by atoms with van der Waals surface area (Å²) in [4.78, 5) is 17.7. The molecule has 0 radical (unpaired) electrons. The third-order valence-electron chi connectivity index (χ3n) is 5.36. The van der Waals surface area contributed by atoms with E-state index in [1.165, 1.54) is 12.0 Å². The van der Waals surface area contributed by atoms with Crippen molar-refractivity contribution in [3.05, 3.63) is 71.8 Å². The molecule has 2 aliphatic rings. The van der Waals surface area contributed by atoms with Crippen LogP contribution in [0.3, 0.4) is 0 Å². The molecule has 2 aromatic carbocycles. The van der Waals surface area contributed by atoms with Crippen molar-refractivity contribution < 1.29 is 19.1 Å². The Morgan fingerprint density at radius 1 is 0.963 bits per heavy atom. The molecule has 1 saturated heterocycles. The van der Waals surface area contributed by atoms with Gasteiger partial charge in [-0.3, -0.25) is 9.63 Å². The van der Waals surface area contributed by atoms with Crippen LogP contribution in [0.1, 0.15) is 24.5 Å². The molecular formula is C22H25NO4. The van der Waals surface area contributed by atoms with Crippen molar-refractivity contribution in [1.29, 1.82) is 0 Å². The van der Waals surface area contributed by atoms with Gasteiger partial charge < -0.3 is 9.47 Å². The number of carbonyl (C=O) groups is 1. The maximum atomic E-state index is 12.0. The highest BCUT2D eigenvalue weighted by atomic mass is 16.7. The number of benzene rings is 2. The molecule has 2 fully saturated rings. The number of rotatable bonds is 6. The van der Waals surface area contributed by atoms with Crippen molar-refractivity contribution in [2.45, 2.75) is 44.8 Å². The molecule has 2 aromatic rings. The number of hydrogen-bond donors (Lipinski definition) is 0. The summed E-state index contributed by atoms with van der Waals surface area (Å²) >= 11 is 0. The Morgan fingerprint density at radius 3 is 2.07 bits per heavy atom. The van der Waals surface area contributed by atoms with Crippen molar-refractivity contribution in [2.75, 3.05) is 6.61 Å². The van der Waals surface area contributed by atoms with Crippen molar-refractivity contribution in [3.63, 3.8) is 0 Å². The van der Waals surface area contributed by atoms with Gasteiger partial charge in [-0.15, -0.1) is 0 Å². The Morgan fingerprint density at radius 2 is 1.52 bits per heavy atom. The fourth-order valence-corrected chi connectivity index (χ4v) is 4.04. The molecule has 1 saturated carbocycles. The summed E-state index contributed by atoms with van der Waals surface area (Å²) in [5.74, 6) is 0.0536. The summed E-state index contributed by atoms with van der Waals surface area (Å²) < 4.78 is 12.4. The van der Waals surface area contributed by atoms with Crippen molar-refractivity contribution in [2.24, 2.45) is 5.92 Å². The van der Waals surface area contributed by atoms with Crippen LogP contribution in [0.25, 0.3) is 0 Å². The molecule has 0 bridgehead atoms. The van der Waals surface area contributed by atoms with Gasteiger partial charge in [0, 0.05) is 19.3 Å². The molecule has 1 aliphatic carbocycles. The second kappa shape index (κ2) is 8.21. The lowest BCUT2D eigenvalue weighted by atomic mass is 10.0. The Balaban J connectivity index is 1.44. The highest BCUT2D eigenvalue weighted by Crippen LogP contribution is 2.40. The molecule has 1 amide bonds. The molecule has 142 valence electrons. The first-order valence-electron chi connectivity index (χ1n) is 9.46. The zero-order chi connectivity index (χ0) is 18.6. The first-order valence-corrected chi connectivity index (χ1v) is 9.46. The normalized spacial score (nSPS) is 26.9. The minimum atomic E-state index is -0.0950. The Kier molecular flexibility index (Phi) is 5.53. The van der Waals surface area contributed by atoms with Crippen molar-refractivity contribution >= 4 is 5.91 Å². The van der Waals surface area contributed by atoms with Crippen LogP contribution < -0.4 is 0 Å². The SMILES string of the molecule is CC(=O)N1OCC2C(OCc3ccccc3)CC(OCc3ccccc3)C21. The Hall–Kier alpha value is -2.21. The topological polar surface area (TPSA) is 48.0 Å². The van der Waals surface area contributed by atoms with Gasteiger partial charge in [0.25, 0.3) is 0 Å². The maximum absolute atomic E-state index is 12.0. The van der Waals surface area contributed by atoms with E-state index in [0.717, 1.165) is 17.5 Å². The fraction of sp³-hybridized carbons (Fsp3) is 0.409. The summed E-state index contributed by atoms with van der Waals surface area (Å²) in [6.45, 7) is 3.11. The second-order valence-corrected chi connectivity index (χ2v) is 7.20. The van der Waals surface area contributed by atoms with E-state index < -0.39 is 0 Å². The first-order chi connectivity index (χ1) is 13.2. The number of carbonyl (C=O) groups excluding carboxylic acids is 1. The van der Waals surface area contributed by atoms with E-state index in [1.807, 2.05) is 48.5 Å². The Labute approximate surface area is 159 Å². The van der Waals surface area contributed by atoms with Gasteiger partial charge in [0.2, 0.25) is 5.91 Å². The van der Waals surface area contributed by atoms with Crippen LogP contribution in [0.15, 0.2) is 60.7 Å². The predicted molar refractivity (Wildman–Crippen MR) is 100 cm³/mol. The van der Waals surface area contributed by atoms with E-state index >= 15 is 0 Å². The number of amides is 1. The van der Waals surface area contributed by atoms with Crippen LogP contribution in [-0.4, -0.2) is 35.8 Å². The molecule has 1 heterocycles. The van der Waals surface area contributed by atoms with Gasteiger partial charge in [0.15, 0.2) is 0 Å². The molecule has 5 nitrogen and oxygen atoms in total. The quantitative estimate of drug-likeness (QED) is 0.786. The van der Waals surface area contributed by atoms with Gasteiger partial charge in [-0.2, -0.15) is 0 Å². The zero-order valence-electron chi connectivity index (χ0n) is 15.5. The molecule has 4 unspecified atom stereocenters. The third-order valence-corrected chi connectivity index (χ3v) is 5.36. The summed E-state index contributed by atoms with van der Waals surface area (Å²) in [7, 11) is 0. The molecule has 4 atom stereocenters. The molecule has 0 spiro atoms. The first kappa shape index (κ1) is 18.2. The van der Waals surface area contributed by atoms with E-state index in [-0.39, 0.29) is 30.1 Å². The van der Waals surface area contributed by atoms with Crippen LogP contribution in [0.2, 0.25) is 0 Å². The number of fused-ring (bicyclic) bond motifs is 1. The van der Waals surface area contributed by atoms with E-state index in [0.29, 0.717) is 19.8 Å². The lowest BCUT2D eigenvalue weighted by Crippen LogP contribution is -2.41. The Bertz CT molecular complexity index is 751. The minimum absolute atomic E-state index is 0.0142. The monoisotopic (exact) mass is 367 g/mol. The van der Waals surface area contributed by atoms with Gasteiger partial charge in [-0.1, -0.05) is 60.7 Å². The second-order valence-electron chi connectivity index (χ2n) is 7.20. The molecule has 4 rings (SSSR count). The van der Waals surface area contributed by atoms with E-state index in [4.69, 9.17) is 14.3 Å². The average Bonchev–Trinajstić information content (AvgIpc) is 3.27. The molecular weight excluding hydrogens is 342 g/mol. The van der Waals surface area contributed by atoms with Gasteiger partial charge in [-0.05, 0) is 11.1 Å². The van der Waals surface area contributed by atoms with Gasteiger partial charge >= 0.3 is 0 Å². The number of hydrogen-bond acceptors (Lipinski definition) is 4. The predicted octanol–water partition coefficient (Wildman–Crippen LogP) is 3.34. The molecule has 0 N–H and O–H groups in total. The van der Waals surface area contributed by atoms with Crippen molar-refractivity contribution in [3.8, 4) is 0 Å². The van der Waals surface area contributed by atoms with Crippen LogP contribution in [0, 0.1) is 5.92 Å². The zero-order valence-corrected chi connectivity index (χ0v) is 15.5. The highest BCUT2D eigenvalue weighted by Gasteiger charge is 2.53. The average molecular weight is 367 g/mol. The van der Waals surface area contributed by atoms with Gasteiger partial charge in [0.05, 0.1) is 38.1 Å². The lowest BCUT2D eigenvalue weighted by molar-refractivity contribution is -0.184. The third kappa shape index (κ3) is 4.05. The van der Waals surface area contributed by atoms with E-state index in [2.05, 4.69) is 12.1 Å². The number of nitrogens with zero attached hydrogens (tertiary/aromatic N) is 1. The van der Waals surface area contributed by atoms with E-state index in [9.17, 15) is 4.79 Å². The van der Waals surface area contributed by atoms with Gasteiger partial charge in [0.1, 0.15) is 0 Å². The molecule has 0 aromatic heterocycles. The smallest absolute Gasteiger partial charge is 0.243 e. The standard InChI is InChI=1S/C22H25NO4/c1-16(24)23-22-19(15-27-23)20(25-13-17-8-4-2-5-9-17)12-21(22)26-14-18-10-6-3-7-11-18/h2-11,19-22H,12-15H2,1H3. The van der Waals surface area contributed by atoms with E-state index in [1.54, 1.807) is 0 Å². The summed E-state index contributed by atoms with van der Waals surface area (Å²) in [6, 6.07) is 20.1. The largest absolute Gasteiger partial charge is 0.373 e. The lowest BCUT2D eigenvalue weighted by Gasteiger charge is -2.26. The van der Waals surface area contributed by atoms with Crippen LogP contribution >= 0.6 is 0 Å². The van der Waals surface area contributed by atoms with Crippen molar-refractivity contribution in [1.82, 2.24) is 5.06 Å². The highest BCUT2D eigenvalue weighted by molar-refractivity contribution is 5.72. The van der Waals surface area contributed by atoms with Crippen LogP contribution in [0.5, 0.6) is 0 Å².